The molecule has 8 heteroatoms. The van der Waals surface area contributed by atoms with Crippen molar-refractivity contribution in [1.82, 2.24) is 9.21 Å². The number of hydrogen-bond acceptors (Lipinski definition) is 4. The van der Waals surface area contributed by atoms with Crippen molar-refractivity contribution < 1.29 is 22.3 Å². The Morgan fingerprint density at radius 1 is 1.25 bits per heavy atom. The Kier molecular flexibility index (Phi) is 4.78. The van der Waals surface area contributed by atoms with Crippen molar-refractivity contribution in [1.29, 1.82) is 0 Å². The summed E-state index contributed by atoms with van der Waals surface area (Å²) < 4.78 is 45.6. The van der Waals surface area contributed by atoms with Gasteiger partial charge in [0, 0.05) is 32.1 Å². The molecule has 2 fully saturated rings. The molecule has 0 bridgehead atoms. The molecule has 0 unspecified atom stereocenters. The maximum Gasteiger partial charge on any atom is 0.243 e. The van der Waals surface area contributed by atoms with Gasteiger partial charge in [-0.3, -0.25) is 4.79 Å². The van der Waals surface area contributed by atoms with Crippen LogP contribution in [-0.4, -0.2) is 56.3 Å². The number of piperazine rings is 1. The van der Waals surface area contributed by atoms with Crippen LogP contribution in [0.4, 0.5) is 4.39 Å². The normalized spacial score (nSPS) is 19.3. The van der Waals surface area contributed by atoms with Gasteiger partial charge in [-0.05, 0) is 38.0 Å². The fourth-order valence-electron chi connectivity index (χ4n) is 2.80. The van der Waals surface area contributed by atoms with Gasteiger partial charge in [0.1, 0.15) is 0 Å². The van der Waals surface area contributed by atoms with Gasteiger partial charge in [-0.15, -0.1) is 0 Å². The molecule has 1 aliphatic heterocycles. The average Bonchev–Trinajstić information content (AvgIpc) is 3.41. The monoisotopic (exact) mass is 356 g/mol. The molecule has 6 nitrogen and oxygen atoms in total. The number of nitrogens with zero attached hydrogens (tertiary/aromatic N) is 2. The molecular formula is C16H21FN2O4S. The predicted octanol–water partition coefficient (Wildman–Crippen LogP) is 1.47. The van der Waals surface area contributed by atoms with E-state index in [1.807, 2.05) is 0 Å². The van der Waals surface area contributed by atoms with Gasteiger partial charge in [-0.25, -0.2) is 12.8 Å². The lowest BCUT2D eigenvalue weighted by atomic mass is 10.3. The van der Waals surface area contributed by atoms with Crippen LogP contribution in [0.15, 0.2) is 23.1 Å². The second-order valence-corrected chi connectivity index (χ2v) is 7.97. The van der Waals surface area contributed by atoms with E-state index in [0.717, 1.165) is 18.9 Å². The molecule has 2 aliphatic rings. The van der Waals surface area contributed by atoms with Gasteiger partial charge in [0.2, 0.25) is 15.9 Å². The highest BCUT2D eigenvalue weighted by molar-refractivity contribution is 7.89. The molecule has 132 valence electrons. The van der Waals surface area contributed by atoms with E-state index in [0.29, 0.717) is 19.7 Å². The Morgan fingerprint density at radius 3 is 2.46 bits per heavy atom. The van der Waals surface area contributed by atoms with Gasteiger partial charge in [0.25, 0.3) is 0 Å². The van der Waals surface area contributed by atoms with Crippen molar-refractivity contribution in [2.45, 2.75) is 24.7 Å². The van der Waals surface area contributed by atoms with Crippen LogP contribution in [0.25, 0.3) is 0 Å². The molecule has 0 atom stereocenters. The van der Waals surface area contributed by atoms with E-state index in [9.17, 15) is 17.6 Å². The summed E-state index contributed by atoms with van der Waals surface area (Å²) in [7, 11) is -3.77. The van der Waals surface area contributed by atoms with Gasteiger partial charge in [0.15, 0.2) is 11.6 Å². The number of benzene rings is 1. The molecule has 1 aliphatic carbocycles. The zero-order valence-corrected chi connectivity index (χ0v) is 14.4. The van der Waals surface area contributed by atoms with Crippen molar-refractivity contribution in [3.8, 4) is 5.75 Å². The molecule has 1 saturated carbocycles. The molecule has 1 saturated heterocycles. The molecule has 3 rings (SSSR count). The van der Waals surface area contributed by atoms with Crippen LogP contribution >= 0.6 is 0 Å². The second-order valence-electron chi connectivity index (χ2n) is 6.03. The molecule has 1 heterocycles. The minimum Gasteiger partial charge on any atom is -0.491 e. The minimum absolute atomic E-state index is 0.0382. The number of amides is 1. The number of rotatable bonds is 5. The second kappa shape index (κ2) is 6.68. The molecule has 0 N–H and O–H groups in total. The van der Waals surface area contributed by atoms with Gasteiger partial charge in [0.05, 0.1) is 11.5 Å². The van der Waals surface area contributed by atoms with Crippen LogP contribution < -0.4 is 4.74 Å². The highest BCUT2D eigenvalue weighted by atomic mass is 32.2. The van der Waals surface area contributed by atoms with E-state index >= 15 is 0 Å². The number of halogens is 1. The SMILES string of the molecule is CCOc1ccc(S(=O)(=O)N2CCN(C(=O)C3CC3)CC2)cc1F. The topological polar surface area (TPSA) is 66.9 Å². The van der Waals surface area contributed by atoms with Gasteiger partial charge in [-0.1, -0.05) is 0 Å². The summed E-state index contributed by atoms with van der Waals surface area (Å²) in [6.07, 6.45) is 1.87. The lowest BCUT2D eigenvalue weighted by Crippen LogP contribution is -2.50. The fraction of sp³-hybridized carbons (Fsp3) is 0.562. The first-order valence-electron chi connectivity index (χ1n) is 8.14. The van der Waals surface area contributed by atoms with Crippen molar-refractivity contribution >= 4 is 15.9 Å². The van der Waals surface area contributed by atoms with Crippen LogP contribution in [0.1, 0.15) is 19.8 Å². The van der Waals surface area contributed by atoms with Crippen LogP contribution in [0.2, 0.25) is 0 Å². The maximum atomic E-state index is 13.9. The molecule has 1 aromatic carbocycles. The zero-order valence-electron chi connectivity index (χ0n) is 13.6. The maximum absolute atomic E-state index is 13.9. The number of carbonyl (C=O) groups is 1. The Labute approximate surface area is 141 Å². The quantitative estimate of drug-likeness (QED) is 0.801. The summed E-state index contributed by atoms with van der Waals surface area (Å²) in [4.78, 5) is 13.7. The van der Waals surface area contributed by atoms with E-state index in [1.54, 1.807) is 11.8 Å². The van der Waals surface area contributed by atoms with Crippen LogP contribution in [0, 0.1) is 11.7 Å². The van der Waals surface area contributed by atoms with Crippen molar-refractivity contribution in [2.24, 2.45) is 5.92 Å². The van der Waals surface area contributed by atoms with E-state index in [2.05, 4.69) is 0 Å². The number of hydrogen-bond donors (Lipinski definition) is 0. The first kappa shape index (κ1) is 17.2. The van der Waals surface area contributed by atoms with Crippen LogP contribution in [0.5, 0.6) is 5.75 Å². The summed E-state index contributed by atoms with van der Waals surface area (Å²) in [5.74, 6) is -0.399. The van der Waals surface area contributed by atoms with E-state index in [-0.39, 0.29) is 35.6 Å². The Balaban J connectivity index is 1.69. The average molecular weight is 356 g/mol. The molecule has 0 radical (unpaired) electrons. The van der Waals surface area contributed by atoms with Crippen molar-refractivity contribution in [2.75, 3.05) is 32.8 Å². The third kappa shape index (κ3) is 3.39. The summed E-state index contributed by atoms with van der Waals surface area (Å²) in [5.41, 5.74) is 0. The smallest absolute Gasteiger partial charge is 0.243 e. The predicted molar refractivity (Wildman–Crippen MR) is 85.6 cm³/mol. The Hall–Kier alpha value is -1.67. The highest BCUT2D eigenvalue weighted by Gasteiger charge is 2.36. The number of sulfonamides is 1. The fourth-order valence-corrected chi connectivity index (χ4v) is 4.24. The van der Waals surface area contributed by atoms with Crippen molar-refractivity contribution in [3.63, 3.8) is 0 Å². The summed E-state index contributed by atoms with van der Waals surface area (Å²) in [6.45, 7) is 3.26. The molecule has 1 aromatic rings. The summed E-state index contributed by atoms with van der Waals surface area (Å²) in [6, 6.07) is 3.67. The largest absolute Gasteiger partial charge is 0.491 e. The third-order valence-electron chi connectivity index (χ3n) is 4.32. The van der Waals surface area contributed by atoms with E-state index in [1.165, 1.54) is 16.4 Å². The lowest BCUT2D eigenvalue weighted by molar-refractivity contribution is -0.133. The molecular weight excluding hydrogens is 335 g/mol. The molecule has 24 heavy (non-hydrogen) atoms. The number of ether oxygens (including phenoxy) is 1. The van der Waals surface area contributed by atoms with E-state index < -0.39 is 15.8 Å². The zero-order chi connectivity index (χ0) is 17.3. The first-order chi connectivity index (χ1) is 11.4. The summed E-state index contributed by atoms with van der Waals surface area (Å²) in [5, 5.41) is 0. The lowest BCUT2D eigenvalue weighted by Gasteiger charge is -2.34. The highest BCUT2D eigenvalue weighted by Crippen LogP contribution is 2.31. The molecule has 0 spiro atoms. The van der Waals surface area contributed by atoms with Gasteiger partial charge in [-0.2, -0.15) is 4.31 Å². The molecule has 0 aromatic heterocycles. The van der Waals surface area contributed by atoms with E-state index in [4.69, 9.17) is 4.74 Å². The molecule has 1 amide bonds. The van der Waals surface area contributed by atoms with Gasteiger partial charge < -0.3 is 9.64 Å². The number of carbonyl (C=O) groups excluding carboxylic acids is 1. The van der Waals surface area contributed by atoms with Gasteiger partial charge >= 0.3 is 0 Å². The minimum atomic E-state index is -3.77. The Morgan fingerprint density at radius 2 is 1.92 bits per heavy atom. The third-order valence-corrected chi connectivity index (χ3v) is 6.21. The first-order valence-corrected chi connectivity index (χ1v) is 9.58. The summed E-state index contributed by atoms with van der Waals surface area (Å²) >= 11 is 0. The van der Waals surface area contributed by atoms with Crippen LogP contribution in [0.3, 0.4) is 0 Å². The Bertz CT molecular complexity index is 726. The van der Waals surface area contributed by atoms with Crippen LogP contribution in [-0.2, 0) is 14.8 Å². The standard InChI is InChI=1S/C16H21FN2O4S/c1-2-23-15-6-5-13(11-14(15)17)24(21,22)19-9-7-18(8-10-19)16(20)12-3-4-12/h5-6,11-12H,2-4,7-10H2,1H3. The van der Waals surface area contributed by atoms with Crippen molar-refractivity contribution in [3.05, 3.63) is 24.0 Å².